The molecule has 0 aliphatic heterocycles. The molecule has 0 amide bonds. The lowest BCUT2D eigenvalue weighted by atomic mass is 9.49. The molecule has 1 saturated carbocycles. The molecule has 0 heterocycles. The summed E-state index contributed by atoms with van der Waals surface area (Å²) >= 11 is 0. The minimum atomic E-state index is -3.81. The molecular formula is C63H78O6S2. The summed E-state index contributed by atoms with van der Waals surface area (Å²) in [5.41, 5.74) is 6.82. The van der Waals surface area contributed by atoms with Crippen molar-refractivity contribution in [1.82, 2.24) is 0 Å². The van der Waals surface area contributed by atoms with E-state index in [2.05, 4.69) is 77.2 Å². The van der Waals surface area contributed by atoms with Crippen molar-refractivity contribution >= 4 is 31.2 Å². The second-order valence-electron chi connectivity index (χ2n) is 21.1. The SMILES string of the molecule is CC(C)=CCC/C(C)=C/CC/C(C)=C/CC(/C(C)=C/CC/C(C)=C/CC/C(C)=C/CC(/C(C)=C/CC12C(=O)c3ccccc3C(=O)C1(C)C1C=CC2C1)S(=O)(=O)c1ccccc1)S(=O)(=O)c1ccccc1. The maximum absolute atomic E-state index is 14.7. The molecule has 0 saturated heterocycles. The summed E-state index contributed by atoms with van der Waals surface area (Å²) in [5.74, 6) is -0.162. The minimum Gasteiger partial charge on any atom is -0.293 e. The molecule has 6 nitrogen and oxygen atoms in total. The first-order valence-electron chi connectivity index (χ1n) is 25.8. The van der Waals surface area contributed by atoms with Gasteiger partial charge in [-0.05, 0) is 169 Å². The van der Waals surface area contributed by atoms with Crippen molar-refractivity contribution in [3.05, 3.63) is 190 Å². The molecule has 0 spiro atoms. The van der Waals surface area contributed by atoms with Crippen LogP contribution < -0.4 is 0 Å². The number of hydrogen-bond acceptors (Lipinski definition) is 6. The summed E-state index contributed by atoms with van der Waals surface area (Å²) in [4.78, 5) is 29.6. The van der Waals surface area contributed by atoms with Crippen LogP contribution in [0.3, 0.4) is 0 Å². The van der Waals surface area contributed by atoms with Crippen molar-refractivity contribution < 1.29 is 26.4 Å². The number of carbonyl (C=O) groups is 2. The van der Waals surface area contributed by atoms with Gasteiger partial charge in [0.25, 0.3) is 0 Å². The van der Waals surface area contributed by atoms with Gasteiger partial charge in [0.2, 0.25) is 0 Å². The monoisotopic (exact) mass is 995 g/mol. The van der Waals surface area contributed by atoms with Crippen molar-refractivity contribution in [3.63, 3.8) is 0 Å². The van der Waals surface area contributed by atoms with E-state index in [4.69, 9.17) is 0 Å². The number of hydrogen-bond donors (Lipinski definition) is 0. The van der Waals surface area contributed by atoms with E-state index in [-0.39, 0.29) is 41.1 Å². The van der Waals surface area contributed by atoms with E-state index < -0.39 is 41.0 Å². The smallest absolute Gasteiger partial charge is 0.185 e. The largest absolute Gasteiger partial charge is 0.293 e. The van der Waals surface area contributed by atoms with Gasteiger partial charge < -0.3 is 0 Å². The Balaban J connectivity index is 1.12. The summed E-state index contributed by atoms with van der Waals surface area (Å²) in [6.07, 6.45) is 28.0. The molecule has 3 aliphatic rings. The van der Waals surface area contributed by atoms with E-state index in [1.54, 1.807) is 60.7 Å². The van der Waals surface area contributed by atoms with Crippen LogP contribution in [-0.2, 0) is 19.7 Å². The van der Waals surface area contributed by atoms with Gasteiger partial charge in [0, 0.05) is 11.1 Å². The van der Waals surface area contributed by atoms with Crippen LogP contribution in [0.4, 0.5) is 0 Å². The van der Waals surface area contributed by atoms with Gasteiger partial charge >= 0.3 is 0 Å². The number of sulfone groups is 2. The molecular weight excluding hydrogens is 917 g/mol. The second-order valence-corrected chi connectivity index (χ2v) is 25.4. The molecule has 3 aliphatic carbocycles. The average Bonchev–Trinajstić information content (AvgIpc) is 3.94. The highest BCUT2D eigenvalue weighted by Gasteiger charge is 2.71. The van der Waals surface area contributed by atoms with Gasteiger partial charge in [-0.25, -0.2) is 16.8 Å². The minimum absolute atomic E-state index is 0.00565. The summed E-state index contributed by atoms with van der Waals surface area (Å²) < 4.78 is 57.1. The van der Waals surface area contributed by atoms with Crippen LogP contribution >= 0.6 is 0 Å². The van der Waals surface area contributed by atoms with Crippen LogP contribution in [-0.4, -0.2) is 38.9 Å². The molecule has 3 aromatic rings. The predicted octanol–water partition coefficient (Wildman–Crippen LogP) is 15.9. The quantitative estimate of drug-likeness (QED) is 0.0829. The van der Waals surface area contributed by atoms with Gasteiger partial charge in [-0.2, -0.15) is 0 Å². The fourth-order valence-electron chi connectivity index (χ4n) is 11.3. The molecule has 6 atom stereocenters. The number of ketones is 2. The highest BCUT2D eigenvalue weighted by atomic mass is 32.2. The topological polar surface area (TPSA) is 102 Å². The zero-order chi connectivity index (χ0) is 51.6. The third kappa shape index (κ3) is 12.4. The van der Waals surface area contributed by atoms with Crippen molar-refractivity contribution in [2.45, 2.75) is 160 Å². The third-order valence-electron chi connectivity index (χ3n) is 15.9. The fraction of sp³-hybridized carbons (Fsp3) is 0.429. The van der Waals surface area contributed by atoms with E-state index >= 15 is 0 Å². The first-order valence-corrected chi connectivity index (χ1v) is 28.9. The maximum Gasteiger partial charge on any atom is 0.185 e. The molecule has 0 N–H and O–H groups in total. The standard InChI is InChI=1S/C63H78O6S2/c1-45(2)22-18-23-46(3)24-19-26-48(5)36-40-58(70(66,67)54-30-12-10-13-31-54)50(7)29-21-28-47(4)25-20-27-49(6)37-41-59(71(68,69)55-32-14-11-15-33-55)51(8)42-43-63-53-39-38-52(44-53)62(63,9)60(64)56-34-16-17-35-57(56)61(63)65/h10-17,22,24-25,29-39,42,52-53,58-59H,18-21,23,26-28,40-41,43-44H2,1-9H3/b46-24+,47-25+,48-36+,49-37+,50-29+,51-42+. The Labute approximate surface area is 427 Å². The fourth-order valence-corrected chi connectivity index (χ4v) is 14.9. The Morgan fingerprint density at radius 1 is 0.507 bits per heavy atom. The van der Waals surface area contributed by atoms with Crippen molar-refractivity contribution in [3.8, 4) is 0 Å². The van der Waals surface area contributed by atoms with Gasteiger partial charge in [-0.1, -0.05) is 161 Å². The van der Waals surface area contributed by atoms with E-state index in [1.807, 2.05) is 64.1 Å². The Hall–Kier alpha value is -5.18. The van der Waals surface area contributed by atoms with E-state index in [9.17, 15) is 26.4 Å². The lowest BCUT2D eigenvalue weighted by Crippen LogP contribution is -2.56. The number of rotatable bonds is 24. The molecule has 71 heavy (non-hydrogen) atoms. The molecule has 3 aromatic carbocycles. The van der Waals surface area contributed by atoms with E-state index in [0.29, 0.717) is 28.0 Å². The zero-order valence-corrected chi connectivity index (χ0v) is 45.5. The average molecular weight is 995 g/mol. The van der Waals surface area contributed by atoms with Crippen molar-refractivity contribution in [2.24, 2.45) is 22.7 Å². The molecule has 8 heteroatoms. The summed E-state index contributed by atoms with van der Waals surface area (Å²) in [6.45, 7) is 18.5. The van der Waals surface area contributed by atoms with Crippen LogP contribution in [0.1, 0.15) is 160 Å². The molecule has 1 fully saturated rings. The summed E-state index contributed by atoms with van der Waals surface area (Å²) in [7, 11) is -7.43. The van der Waals surface area contributed by atoms with E-state index in [1.165, 1.54) is 22.3 Å². The first kappa shape index (κ1) is 55.1. The second kappa shape index (κ2) is 24.0. The highest BCUT2D eigenvalue weighted by Crippen LogP contribution is 2.69. The lowest BCUT2D eigenvalue weighted by molar-refractivity contribution is 0.0242. The number of benzene rings is 3. The van der Waals surface area contributed by atoms with Gasteiger partial charge in [0.1, 0.15) is 0 Å². The Bertz CT molecular complexity index is 2880. The summed E-state index contributed by atoms with van der Waals surface area (Å²) in [5, 5.41) is -1.51. The van der Waals surface area contributed by atoms with Crippen LogP contribution in [0, 0.1) is 22.7 Å². The number of carbonyl (C=O) groups excluding carboxylic acids is 2. The normalized spacial score (nSPS) is 22.9. The van der Waals surface area contributed by atoms with Crippen LogP contribution in [0.25, 0.3) is 0 Å². The maximum atomic E-state index is 14.7. The molecule has 0 aromatic heterocycles. The number of Topliss-reactive ketones (excluding diaryl/α,β-unsaturated/α-hetero) is 2. The Morgan fingerprint density at radius 3 is 1.38 bits per heavy atom. The van der Waals surface area contributed by atoms with Crippen molar-refractivity contribution in [2.75, 3.05) is 0 Å². The van der Waals surface area contributed by atoms with Crippen molar-refractivity contribution in [1.29, 1.82) is 0 Å². The number of fused-ring (bicyclic) bond motifs is 6. The van der Waals surface area contributed by atoms with Gasteiger partial charge in [0.05, 0.1) is 31.1 Å². The molecule has 2 bridgehead atoms. The highest BCUT2D eigenvalue weighted by molar-refractivity contribution is 7.92. The molecule has 0 radical (unpaired) electrons. The van der Waals surface area contributed by atoms with Gasteiger partial charge in [-0.15, -0.1) is 0 Å². The first-order chi connectivity index (χ1) is 33.7. The van der Waals surface area contributed by atoms with Gasteiger partial charge in [0.15, 0.2) is 31.2 Å². The van der Waals surface area contributed by atoms with Gasteiger partial charge in [-0.3, -0.25) is 9.59 Å². The Morgan fingerprint density at radius 2 is 0.901 bits per heavy atom. The molecule has 378 valence electrons. The third-order valence-corrected chi connectivity index (χ3v) is 20.3. The zero-order valence-electron chi connectivity index (χ0n) is 43.8. The van der Waals surface area contributed by atoms with Crippen LogP contribution in [0.15, 0.2) is 188 Å². The van der Waals surface area contributed by atoms with Crippen LogP contribution in [0.5, 0.6) is 0 Å². The Kier molecular flexibility index (Phi) is 18.7. The molecule has 6 unspecified atom stereocenters. The lowest BCUT2D eigenvalue weighted by Gasteiger charge is -2.50. The predicted molar refractivity (Wildman–Crippen MR) is 294 cm³/mol. The number of allylic oxidation sites excluding steroid dienone is 14. The van der Waals surface area contributed by atoms with Crippen LogP contribution in [0.2, 0.25) is 0 Å². The summed E-state index contributed by atoms with van der Waals surface area (Å²) in [6, 6.07) is 24.5. The van der Waals surface area contributed by atoms with E-state index in [0.717, 1.165) is 68.9 Å². The molecule has 6 rings (SSSR count).